The number of carbonyl (C=O) groups is 1. The van der Waals surface area contributed by atoms with Crippen LogP contribution in [0.4, 0.5) is 5.69 Å². The van der Waals surface area contributed by atoms with Gasteiger partial charge in [0.15, 0.2) is 0 Å². The van der Waals surface area contributed by atoms with Crippen molar-refractivity contribution in [2.75, 3.05) is 51.8 Å². The van der Waals surface area contributed by atoms with E-state index in [4.69, 9.17) is 9.47 Å². The fraction of sp³-hybridized carbons (Fsp3) is 0.435. The van der Waals surface area contributed by atoms with E-state index in [0.717, 1.165) is 5.75 Å². The molecule has 32 heavy (non-hydrogen) atoms. The summed E-state index contributed by atoms with van der Waals surface area (Å²) in [5, 5.41) is 2.84. The summed E-state index contributed by atoms with van der Waals surface area (Å²) in [5.74, 6) is 0.567. The molecule has 3 rings (SSSR count). The van der Waals surface area contributed by atoms with Crippen LogP contribution < -0.4 is 10.1 Å². The Bertz CT molecular complexity index is 1010. The van der Waals surface area contributed by atoms with Gasteiger partial charge in [0.05, 0.1) is 24.2 Å². The lowest BCUT2D eigenvalue weighted by Crippen LogP contribution is -2.41. The van der Waals surface area contributed by atoms with Crippen LogP contribution in [-0.4, -0.2) is 76.1 Å². The largest absolute Gasteiger partial charge is 0.492 e. The van der Waals surface area contributed by atoms with E-state index in [1.54, 1.807) is 26.0 Å². The van der Waals surface area contributed by atoms with E-state index in [9.17, 15) is 13.2 Å². The molecule has 1 saturated heterocycles. The number of para-hydroxylation sites is 1. The fourth-order valence-corrected chi connectivity index (χ4v) is 5.01. The highest BCUT2D eigenvalue weighted by Gasteiger charge is 2.28. The second kappa shape index (κ2) is 10.9. The standard InChI is InChI=1S/C23H31N3O5S/c1-18-9-10-20(17-22(18)32(28,29)26-12-14-30-15-13-26)24-23(27)19(2)25(3)11-16-31-21-7-5-4-6-8-21/h4-10,17,19H,11-16H2,1-3H3,(H,24,27). The molecule has 1 atom stereocenters. The Morgan fingerprint density at radius 2 is 1.88 bits per heavy atom. The number of nitrogens with one attached hydrogen (secondary N) is 1. The van der Waals surface area contributed by atoms with Crippen molar-refractivity contribution >= 4 is 21.6 Å². The summed E-state index contributed by atoms with van der Waals surface area (Å²) in [4.78, 5) is 14.9. The summed E-state index contributed by atoms with van der Waals surface area (Å²) < 4.78 is 38.5. The van der Waals surface area contributed by atoms with Crippen molar-refractivity contribution in [2.45, 2.75) is 24.8 Å². The number of rotatable bonds is 9. The minimum Gasteiger partial charge on any atom is -0.492 e. The molecule has 8 nitrogen and oxygen atoms in total. The topological polar surface area (TPSA) is 88.2 Å². The lowest BCUT2D eigenvalue weighted by atomic mass is 10.2. The zero-order valence-corrected chi connectivity index (χ0v) is 19.6. The number of hydrogen-bond donors (Lipinski definition) is 1. The molecule has 2 aromatic carbocycles. The third-order valence-electron chi connectivity index (χ3n) is 5.54. The SMILES string of the molecule is Cc1ccc(NC(=O)C(C)N(C)CCOc2ccccc2)cc1S(=O)(=O)N1CCOCC1. The van der Waals surface area contributed by atoms with Gasteiger partial charge in [0.2, 0.25) is 15.9 Å². The molecule has 1 N–H and O–H groups in total. The molecule has 1 unspecified atom stereocenters. The van der Waals surface area contributed by atoms with E-state index in [0.29, 0.717) is 50.7 Å². The van der Waals surface area contributed by atoms with Gasteiger partial charge in [-0.25, -0.2) is 8.42 Å². The van der Waals surface area contributed by atoms with Crippen LogP contribution in [0, 0.1) is 6.92 Å². The Kier molecular flexibility index (Phi) is 8.25. The number of morpholine rings is 1. The van der Waals surface area contributed by atoms with Gasteiger partial charge in [0.1, 0.15) is 12.4 Å². The van der Waals surface area contributed by atoms with Crippen molar-refractivity contribution in [1.82, 2.24) is 9.21 Å². The summed E-state index contributed by atoms with van der Waals surface area (Å²) in [7, 11) is -1.80. The second-order valence-electron chi connectivity index (χ2n) is 7.80. The number of hydrogen-bond acceptors (Lipinski definition) is 6. The summed E-state index contributed by atoms with van der Waals surface area (Å²) in [5.41, 5.74) is 1.09. The number of anilines is 1. The van der Waals surface area contributed by atoms with Gasteiger partial charge in [-0.1, -0.05) is 24.3 Å². The quantitative estimate of drug-likeness (QED) is 0.617. The van der Waals surface area contributed by atoms with Gasteiger partial charge in [-0.3, -0.25) is 9.69 Å². The first-order valence-electron chi connectivity index (χ1n) is 10.7. The maximum absolute atomic E-state index is 13.1. The van der Waals surface area contributed by atoms with Crippen LogP contribution in [0.5, 0.6) is 5.75 Å². The summed E-state index contributed by atoms with van der Waals surface area (Å²) >= 11 is 0. The Morgan fingerprint density at radius 1 is 1.19 bits per heavy atom. The van der Waals surface area contributed by atoms with E-state index in [2.05, 4.69) is 5.32 Å². The van der Waals surface area contributed by atoms with Crippen molar-refractivity contribution in [3.63, 3.8) is 0 Å². The number of sulfonamides is 1. The van der Waals surface area contributed by atoms with Gasteiger partial charge in [0, 0.05) is 25.3 Å². The summed E-state index contributed by atoms with van der Waals surface area (Å²) in [6.07, 6.45) is 0. The summed E-state index contributed by atoms with van der Waals surface area (Å²) in [6.45, 7) is 5.98. The normalized spacial score (nSPS) is 16.0. The average Bonchev–Trinajstić information content (AvgIpc) is 2.80. The van der Waals surface area contributed by atoms with Gasteiger partial charge < -0.3 is 14.8 Å². The van der Waals surface area contributed by atoms with Crippen LogP contribution in [0.3, 0.4) is 0 Å². The van der Waals surface area contributed by atoms with Crippen molar-refractivity contribution in [3.8, 4) is 5.75 Å². The van der Waals surface area contributed by atoms with Gasteiger partial charge in [0.25, 0.3) is 0 Å². The number of likely N-dealkylation sites (N-methyl/N-ethyl adjacent to an activating group) is 1. The maximum Gasteiger partial charge on any atom is 0.243 e. The second-order valence-corrected chi connectivity index (χ2v) is 9.71. The third-order valence-corrected chi connectivity index (χ3v) is 7.58. The van der Waals surface area contributed by atoms with Gasteiger partial charge in [-0.2, -0.15) is 4.31 Å². The molecule has 174 valence electrons. The zero-order chi connectivity index (χ0) is 23.1. The third kappa shape index (κ3) is 6.07. The lowest BCUT2D eigenvalue weighted by Gasteiger charge is -2.27. The molecule has 1 aliphatic heterocycles. The first-order valence-corrected chi connectivity index (χ1v) is 12.1. The van der Waals surface area contributed by atoms with E-state index >= 15 is 0 Å². The highest BCUT2D eigenvalue weighted by Crippen LogP contribution is 2.24. The molecule has 0 bridgehead atoms. The van der Waals surface area contributed by atoms with Crippen LogP contribution in [-0.2, 0) is 19.6 Å². The van der Waals surface area contributed by atoms with Crippen LogP contribution in [0.25, 0.3) is 0 Å². The molecular formula is C23H31N3O5S. The number of aryl methyl sites for hydroxylation is 1. The Balaban J connectivity index is 1.61. The number of nitrogens with zero attached hydrogens (tertiary/aromatic N) is 2. The Hall–Kier alpha value is -2.46. The van der Waals surface area contributed by atoms with Crippen LogP contribution in [0.1, 0.15) is 12.5 Å². The van der Waals surface area contributed by atoms with Crippen molar-refractivity contribution < 1.29 is 22.7 Å². The van der Waals surface area contributed by atoms with E-state index in [-0.39, 0.29) is 10.8 Å². The number of ether oxygens (including phenoxy) is 2. The number of carbonyl (C=O) groups excluding carboxylic acids is 1. The van der Waals surface area contributed by atoms with Gasteiger partial charge in [-0.15, -0.1) is 0 Å². The van der Waals surface area contributed by atoms with Gasteiger partial charge >= 0.3 is 0 Å². The van der Waals surface area contributed by atoms with Crippen LogP contribution in [0.2, 0.25) is 0 Å². The summed E-state index contributed by atoms with van der Waals surface area (Å²) in [6, 6.07) is 14.1. The Labute approximate surface area is 190 Å². The molecule has 1 amide bonds. The molecule has 9 heteroatoms. The number of amides is 1. The first-order chi connectivity index (χ1) is 15.3. The maximum atomic E-state index is 13.1. The minimum absolute atomic E-state index is 0.203. The smallest absolute Gasteiger partial charge is 0.243 e. The molecule has 0 radical (unpaired) electrons. The molecule has 0 aromatic heterocycles. The van der Waals surface area contributed by atoms with Crippen molar-refractivity contribution in [1.29, 1.82) is 0 Å². The Morgan fingerprint density at radius 3 is 2.56 bits per heavy atom. The molecule has 1 fully saturated rings. The monoisotopic (exact) mass is 461 g/mol. The van der Waals surface area contributed by atoms with E-state index < -0.39 is 16.1 Å². The first kappa shape index (κ1) is 24.2. The predicted molar refractivity (Wildman–Crippen MR) is 123 cm³/mol. The molecule has 1 aliphatic rings. The van der Waals surface area contributed by atoms with E-state index in [1.165, 1.54) is 10.4 Å². The zero-order valence-electron chi connectivity index (χ0n) is 18.8. The molecule has 1 heterocycles. The average molecular weight is 462 g/mol. The highest BCUT2D eigenvalue weighted by molar-refractivity contribution is 7.89. The lowest BCUT2D eigenvalue weighted by molar-refractivity contribution is -0.120. The molecular weight excluding hydrogens is 430 g/mol. The van der Waals surface area contributed by atoms with Crippen LogP contribution >= 0.6 is 0 Å². The van der Waals surface area contributed by atoms with Crippen LogP contribution in [0.15, 0.2) is 53.4 Å². The van der Waals surface area contributed by atoms with E-state index in [1.807, 2.05) is 42.3 Å². The van der Waals surface area contributed by atoms with Gasteiger partial charge in [-0.05, 0) is 50.7 Å². The molecule has 0 spiro atoms. The predicted octanol–water partition coefficient (Wildman–Crippen LogP) is 2.35. The minimum atomic E-state index is -3.65. The molecule has 2 aromatic rings. The number of benzene rings is 2. The van der Waals surface area contributed by atoms with Crippen molar-refractivity contribution in [2.24, 2.45) is 0 Å². The fourth-order valence-electron chi connectivity index (χ4n) is 3.35. The van der Waals surface area contributed by atoms with Crippen molar-refractivity contribution in [3.05, 3.63) is 54.1 Å². The molecule has 0 aliphatic carbocycles. The highest BCUT2D eigenvalue weighted by atomic mass is 32.2. The molecule has 0 saturated carbocycles.